The Labute approximate surface area is 154 Å². The van der Waals surface area contributed by atoms with Gasteiger partial charge in [0, 0.05) is 13.0 Å². The predicted molar refractivity (Wildman–Crippen MR) is 89.2 cm³/mol. The van der Waals surface area contributed by atoms with Crippen LogP contribution < -0.4 is 16.4 Å². The topological polar surface area (TPSA) is 199 Å². The van der Waals surface area contributed by atoms with Gasteiger partial charge in [-0.2, -0.15) is 0 Å². The van der Waals surface area contributed by atoms with Gasteiger partial charge in [-0.15, -0.1) is 0 Å². The summed E-state index contributed by atoms with van der Waals surface area (Å²) in [4.78, 5) is 59.4. The number of nitrogens with zero attached hydrogens (tertiary/aromatic N) is 1. The second-order valence-electron chi connectivity index (χ2n) is 6.03. The summed E-state index contributed by atoms with van der Waals surface area (Å²) < 4.78 is 0. The summed E-state index contributed by atoms with van der Waals surface area (Å²) in [5.74, 6) is -4.73. The Kier molecular flexibility index (Phi) is 8.62. The molecular weight excluding hydrogens is 364 g/mol. The number of aliphatic hydroxyl groups excluding tert-OH is 1. The van der Waals surface area contributed by atoms with E-state index in [9.17, 15) is 34.2 Å². The number of nitrogens with one attached hydrogen (secondary N) is 2. The van der Waals surface area contributed by atoms with E-state index in [1.54, 1.807) is 0 Å². The van der Waals surface area contributed by atoms with Crippen LogP contribution in [0.5, 0.6) is 0 Å². The van der Waals surface area contributed by atoms with Gasteiger partial charge >= 0.3 is 11.9 Å². The minimum Gasteiger partial charge on any atom is -0.481 e. The fraction of sp³-hybridized carbons (Fsp3) is 0.667. The van der Waals surface area contributed by atoms with Crippen LogP contribution >= 0.6 is 0 Å². The summed E-state index contributed by atoms with van der Waals surface area (Å²) in [7, 11) is 0. The van der Waals surface area contributed by atoms with Crippen LogP contribution in [0.1, 0.15) is 25.7 Å². The second kappa shape index (κ2) is 10.4. The number of carbonyl (C=O) groups is 5. The zero-order valence-electron chi connectivity index (χ0n) is 14.6. The minimum atomic E-state index is -1.38. The fourth-order valence-electron chi connectivity index (χ4n) is 2.73. The molecule has 1 aliphatic rings. The molecule has 3 amide bonds. The number of rotatable bonds is 10. The number of hydrogen-bond acceptors (Lipinski definition) is 7. The summed E-state index contributed by atoms with van der Waals surface area (Å²) in [6.07, 6.45) is 0.00750. The first-order valence-electron chi connectivity index (χ1n) is 8.37. The van der Waals surface area contributed by atoms with Crippen molar-refractivity contribution in [1.82, 2.24) is 15.5 Å². The number of aliphatic hydroxyl groups is 1. The Hall–Kier alpha value is -2.73. The van der Waals surface area contributed by atoms with Crippen LogP contribution in [-0.2, 0) is 24.0 Å². The highest BCUT2D eigenvalue weighted by Crippen LogP contribution is 2.19. The first-order chi connectivity index (χ1) is 12.7. The van der Waals surface area contributed by atoms with Crippen molar-refractivity contribution >= 4 is 29.7 Å². The maximum absolute atomic E-state index is 12.7. The summed E-state index contributed by atoms with van der Waals surface area (Å²) in [5.41, 5.74) is 5.12. The number of likely N-dealkylation sites (tertiary alicyclic amines) is 1. The van der Waals surface area contributed by atoms with Crippen LogP contribution in [0.25, 0.3) is 0 Å². The molecule has 0 bridgehead atoms. The number of carbonyl (C=O) groups excluding carboxylic acids is 3. The van der Waals surface area contributed by atoms with E-state index in [-0.39, 0.29) is 19.4 Å². The van der Waals surface area contributed by atoms with Crippen LogP contribution in [0.3, 0.4) is 0 Å². The third kappa shape index (κ3) is 6.49. The van der Waals surface area contributed by atoms with Gasteiger partial charge in [-0.05, 0) is 19.3 Å². The zero-order chi connectivity index (χ0) is 20.6. The normalized spacial score (nSPS) is 18.4. The van der Waals surface area contributed by atoms with Gasteiger partial charge in [-0.3, -0.25) is 19.2 Å². The Morgan fingerprint density at radius 3 is 2.30 bits per heavy atom. The van der Waals surface area contributed by atoms with Crippen LogP contribution in [0.4, 0.5) is 0 Å². The van der Waals surface area contributed by atoms with Crippen molar-refractivity contribution in [1.29, 1.82) is 0 Å². The molecule has 152 valence electrons. The molecule has 1 heterocycles. The molecule has 1 aliphatic heterocycles. The first-order valence-corrected chi connectivity index (χ1v) is 8.37. The van der Waals surface area contributed by atoms with E-state index in [1.807, 2.05) is 0 Å². The molecule has 7 N–H and O–H groups in total. The lowest BCUT2D eigenvalue weighted by molar-refractivity contribution is -0.150. The number of nitrogens with two attached hydrogens (primary N) is 1. The summed E-state index contributed by atoms with van der Waals surface area (Å²) in [6, 6.07) is -3.74. The molecule has 3 atom stereocenters. The van der Waals surface area contributed by atoms with E-state index < -0.39 is 67.4 Å². The molecule has 1 saturated heterocycles. The zero-order valence-corrected chi connectivity index (χ0v) is 14.6. The molecule has 12 nitrogen and oxygen atoms in total. The molecule has 0 aliphatic carbocycles. The second-order valence-corrected chi connectivity index (χ2v) is 6.03. The fourth-order valence-corrected chi connectivity index (χ4v) is 2.73. The van der Waals surface area contributed by atoms with Gasteiger partial charge < -0.3 is 36.6 Å². The first kappa shape index (κ1) is 22.3. The monoisotopic (exact) mass is 388 g/mol. The SMILES string of the molecule is NCC(=O)NC(CO)C(=O)NC(CCC(=O)O)C(=O)N1CCCC1C(=O)O. The average molecular weight is 388 g/mol. The lowest BCUT2D eigenvalue weighted by Gasteiger charge is -2.28. The van der Waals surface area contributed by atoms with Gasteiger partial charge in [0.15, 0.2) is 0 Å². The van der Waals surface area contributed by atoms with Crippen LogP contribution in [0, 0.1) is 0 Å². The lowest BCUT2D eigenvalue weighted by Crippen LogP contribution is -2.57. The van der Waals surface area contributed by atoms with Gasteiger partial charge in [0.1, 0.15) is 18.1 Å². The van der Waals surface area contributed by atoms with E-state index in [0.717, 1.165) is 4.90 Å². The highest BCUT2D eigenvalue weighted by molar-refractivity contribution is 5.94. The molecule has 12 heteroatoms. The summed E-state index contributed by atoms with van der Waals surface area (Å²) in [5, 5.41) is 31.7. The van der Waals surface area contributed by atoms with Crippen molar-refractivity contribution < 1.29 is 39.3 Å². The Balaban J connectivity index is 2.90. The van der Waals surface area contributed by atoms with Crippen molar-refractivity contribution in [3.05, 3.63) is 0 Å². The standard InChI is InChI=1S/C15H24N4O8/c16-6-11(21)17-9(7-20)13(24)18-8(3-4-12(22)23)14(25)19-5-1-2-10(19)15(26)27/h8-10,20H,1-7,16H2,(H,17,21)(H,18,24)(H,22,23)(H,26,27). The van der Waals surface area contributed by atoms with E-state index in [4.69, 9.17) is 10.8 Å². The van der Waals surface area contributed by atoms with E-state index in [0.29, 0.717) is 6.42 Å². The smallest absolute Gasteiger partial charge is 0.326 e. The molecule has 0 aromatic heterocycles. The largest absolute Gasteiger partial charge is 0.481 e. The number of carboxylic acids is 2. The molecule has 0 saturated carbocycles. The van der Waals surface area contributed by atoms with Crippen molar-refractivity contribution in [2.45, 2.75) is 43.8 Å². The van der Waals surface area contributed by atoms with Crippen molar-refractivity contribution in [3.8, 4) is 0 Å². The van der Waals surface area contributed by atoms with Crippen LogP contribution in [-0.4, -0.2) is 87.7 Å². The minimum absolute atomic E-state index is 0.169. The van der Waals surface area contributed by atoms with Gasteiger partial charge in [0.2, 0.25) is 17.7 Å². The Morgan fingerprint density at radius 1 is 1.11 bits per heavy atom. The number of aliphatic carboxylic acids is 2. The third-order valence-electron chi connectivity index (χ3n) is 4.10. The quantitative estimate of drug-likeness (QED) is 0.223. The average Bonchev–Trinajstić information content (AvgIpc) is 3.11. The van der Waals surface area contributed by atoms with Crippen molar-refractivity contribution in [2.75, 3.05) is 19.7 Å². The summed E-state index contributed by atoms with van der Waals surface area (Å²) in [6.45, 7) is -1.01. The maximum atomic E-state index is 12.7. The highest BCUT2D eigenvalue weighted by atomic mass is 16.4. The van der Waals surface area contributed by atoms with Crippen molar-refractivity contribution in [2.24, 2.45) is 5.73 Å². The Bertz CT molecular complexity index is 596. The van der Waals surface area contributed by atoms with Crippen molar-refractivity contribution in [3.63, 3.8) is 0 Å². The molecule has 1 rings (SSSR count). The molecule has 0 aromatic carbocycles. The predicted octanol–water partition coefficient (Wildman–Crippen LogP) is -3.15. The molecular formula is C15H24N4O8. The third-order valence-corrected chi connectivity index (χ3v) is 4.10. The number of hydrogen-bond donors (Lipinski definition) is 6. The number of carboxylic acid groups (broad SMARTS) is 2. The molecule has 27 heavy (non-hydrogen) atoms. The Morgan fingerprint density at radius 2 is 1.78 bits per heavy atom. The number of amides is 3. The lowest BCUT2D eigenvalue weighted by atomic mass is 10.1. The molecule has 3 unspecified atom stereocenters. The summed E-state index contributed by atoms with van der Waals surface area (Å²) >= 11 is 0. The molecule has 1 fully saturated rings. The van der Waals surface area contributed by atoms with E-state index in [1.165, 1.54) is 0 Å². The molecule has 0 radical (unpaired) electrons. The maximum Gasteiger partial charge on any atom is 0.326 e. The molecule has 0 spiro atoms. The van der Waals surface area contributed by atoms with Gasteiger partial charge in [-0.25, -0.2) is 4.79 Å². The van der Waals surface area contributed by atoms with E-state index in [2.05, 4.69) is 10.6 Å². The van der Waals surface area contributed by atoms with Gasteiger partial charge in [-0.1, -0.05) is 0 Å². The van der Waals surface area contributed by atoms with Crippen LogP contribution in [0.15, 0.2) is 0 Å². The molecule has 0 aromatic rings. The van der Waals surface area contributed by atoms with Gasteiger partial charge in [0.05, 0.1) is 13.2 Å². The highest BCUT2D eigenvalue weighted by Gasteiger charge is 2.38. The van der Waals surface area contributed by atoms with E-state index >= 15 is 0 Å². The van der Waals surface area contributed by atoms with Gasteiger partial charge in [0.25, 0.3) is 0 Å². The van der Waals surface area contributed by atoms with Crippen LogP contribution in [0.2, 0.25) is 0 Å².